The lowest BCUT2D eigenvalue weighted by Crippen LogP contribution is -2.54. The van der Waals surface area contributed by atoms with E-state index < -0.39 is 33.4 Å². The third kappa shape index (κ3) is 8.77. The summed E-state index contributed by atoms with van der Waals surface area (Å²) in [5, 5.41) is 14.2. The van der Waals surface area contributed by atoms with Crippen LogP contribution >= 0.6 is 15.9 Å². The topological polar surface area (TPSA) is 130 Å². The molecule has 0 aliphatic rings. The SMILES string of the molecule is CC(C)NC(=O)[C@H](Cc1ccccc1)N(Cc1ccc(Br)cc1)C(=O)CN(c1ccc([N+](=O)[O-])cc1)S(=O)(=O)c1ccccc1. The molecule has 0 aliphatic carbocycles. The highest BCUT2D eigenvalue weighted by Crippen LogP contribution is 2.27. The van der Waals surface area contributed by atoms with Crippen LogP contribution in [0.3, 0.4) is 0 Å². The molecule has 45 heavy (non-hydrogen) atoms. The van der Waals surface area contributed by atoms with E-state index in [0.29, 0.717) is 0 Å². The second kappa shape index (κ2) is 15.0. The number of rotatable bonds is 13. The molecular formula is C33H33BrN4O6S. The maximum absolute atomic E-state index is 14.4. The third-order valence-corrected chi connectivity index (χ3v) is 9.24. The van der Waals surface area contributed by atoms with E-state index in [1.165, 1.54) is 41.3 Å². The van der Waals surface area contributed by atoms with Crippen molar-refractivity contribution >= 4 is 49.1 Å². The number of nitro benzene ring substituents is 1. The maximum Gasteiger partial charge on any atom is 0.269 e. The molecular weight excluding hydrogens is 660 g/mol. The molecule has 0 unspecified atom stereocenters. The van der Waals surface area contributed by atoms with Crippen LogP contribution in [-0.2, 0) is 32.6 Å². The van der Waals surface area contributed by atoms with Crippen LogP contribution in [0.4, 0.5) is 11.4 Å². The molecule has 0 aliphatic heterocycles. The van der Waals surface area contributed by atoms with E-state index in [0.717, 1.165) is 19.9 Å². The Hall–Kier alpha value is -4.55. The Bertz CT molecular complexity index is 1720. The lowest BCUT2D eigenvalue weighted by atomic mass is 10.0. The summed E-state index contributed by atoms with van der Waals surface area (Å²) < 4.78 is 29.7. The normalized spacial score (nSPS) is 11.9. The van der Waals surface area contributed by atoms with Gasteiger partial charge in [0.2, 0.25) is 11.8 Å². The Kier molecular flexibility index (Phi) is 11.1. The van der Waals surface area contributed by atoms with Gasteiger partial charge in [-0.15, -0.1) is 0 Å². The summed E-state index contributed by atoms with van der Waals surface area (Å²) in [6, 6.07) is 27.9. The van der Waals surface area contributed by atoms with Crippen LogP contribution < -0.4 is 9.62 Å². The molecule has 1 N–H and O–H groups in total. The number of sulfonamides is 1. The summed E-state index contributed by atoms with van der Waals surface area (Å²) >= 11 is 3.42. The van der Waals surface area contributed by atoms with Crippen LogP contribution in [0.25, 0.3) is 0 Å². The predicted molar refractivity (Wildman–Crippen MR) is 176 cm³/mol. The van der Waals surface area contributed by atoms with Gasteiger partial charge in [0.15, 0.2) is 0 Å². The monoisotopic (exact) mass is 692 g/mol. The minimum Gasteiger partial charge on any atom is -0.352 e. The van der Waals surface area contributed by atoms with Gasteiger partial charge in [-0.1, -0.05) is 76.6 Å². The highest BCUT2D eigenvalue weighted by Gasteiger charge is 2.35. The molecule has 234 valence electrons. The lowest BCUT2D eigenvalue weighted by Gasteiger charge is -2.34. The standard InChI is InChI=1S/C33H33BrN4O6S/c1-24(2)35-33(40)31(21-25-9-5-3-6-10-25)36(22-26-13-15-27(34)16-14-26)32(39)23-37(28-17-19-29(20-18-28)38(41)42)45(43,44)30-11-7-4-8-12-30/h3-20,24,31H,21-23H2,1-2H3,(H,35,40)/t31-/m0/s1. The van der Waals surface area contributed by atoms with Crippen molar-refractivity contribution in [2.45, 2.75) is 43.8 Å². The number of benzene rings is 4. The van der Waals surface area contributed by atoms with Crippen LogP contribution in [0.1, 0.15) is 25.0 Å². The summed E-state index contributed by atoms with van der Waals surface area (Å²) in [5.41, 5.74) is 1.38. The zero-order valence-corrected chi connectivity index (χ0v) is 27.1. The smallest absolute Gasteiger partial charge is 0.269 e. The van der Waals surface area contributed by atoms with Crippen molar-refractivity contribution in [1.29, 1.82) is 0 Å². The van der Waals surface area contributed by atoms with E-state index in [-0.39, 0.29) is 41.2 Å². The van der Waals surface area contributed by atoms with Crippen molar-refractivity contribution in [3.05, 3.63) is 135 Å². The van der Waals surface area contributed by atoms with Gasteiger partial charge >= 0.3 is 0 Å². The first-order valence-corrected chi connectivity index (χ1v) is 16.4. The zero-order chi connectivity index (χ0) is 32.6. The molecule has 0 bridgehead atoms. The lowest BCUT2D eigenvalue weighted by molar-refractivity contribution is -0.384. The van der Waals surface area contributed by atoms with Crippen molar-refractivity contribution in [2.24, 2.45) is 0 Å². The third-order valence-electron chi connectivity index (χ3n) is 6.93. The van der Waals surface area contributed by atoms with Crippen molar-refractivity contribution < 1.29 is 22.9 Å². The largest absolute Gasteiger partial charge is 0.352 e. The molecule has 0 heterocycles. The predicted octanol–water partition coefficient (Wildman–Crippen LogP) is 5.72. The van der Waals surface area contributed by atoms with E-state index in [1.807, 2.05) is 68.4 Å². The number of halogens is 1. The summed E-state index contributed by atoms with van der Waals surface area (Å²) in [4.78, 5) is 40.2. The number of carbonyl (C=O) groups is 2. The number of carbonyl (C=O) groups excluding carboxylic acids is 2. The molecule has 0 radical (unpaired) electrons. The molecule has 0 spiro atoms. The average molecular weight is 694 g/mol. The first kappa shape index (κ1) is 33.3. The van der Waals surface area contributed by atoms with Crippen LogP contribution in [-0.4, -0.2) is 48.7 Å². The van der Waals surface area contributed by atoms with E-state index >= 15 is 0 Å². The number of hydrogen-bond acceptors (Lipinski definition) is 6. The van der Waals surface area contributed by atoms with Gasteiger partial charge in [-0.3, -0.25) is 24.0 Å². The maximum atomic E-state index is 14.4. The number of anilines is 1. The fourth-order valence-electron chi connectivity index (χ4n) is 4.71. The van der Waals surface area contributed by atoms with Crippen LogP contribution in [0.5, 0.6) is 0 Å². The first-order valence-electron chi connectivity index (χ1n) is 14.2. The number of amides is 2. The molecule has 0 saturated carbocycles. The quantitative estimate of drug-likeness (QED) is 0.141. The minimum atomic E-state index is -4.31. The Morgan fingerprint density at radius 3 is 1.98 bits per heavy atom. The van der Waals surface area contributed by atoms with E-state index in [2.05, 4.69) is 21.2 Å². The van der Waals surface area contributed by atoms with Gasteiger partial charge in [-0.25, -0.2) is 8.42 Å². The van der Waals surface area contributed by atoms with Gasteiger partial charge in [0.25, 0.3) is 15.7 Å². The Labute approximate surface area is 271 Å². The molecule has 4 rings (SSSR count). The van der Waals surface area contributed by atoms with Crippen LogP contribution in [0, 0.1) is 10.1 Å². The molecule has 1 atom stereocenters. The van der Waals surface area contributed by atoms with Gasteiger partial charge in [0.1, 0.15) is 12.6 Å². The summed E-state index contributed by atoms with van der Waals surface area (Å²) in [6.45, 7) is 3.00. The minimum absolute atomic E-state index is 0.0224. The first-order chi connectivity index (χ1) is 21.5. The Balaban J connectivity index is 1.80. The molecule has 0 saturated heterocycles. The van der Waals surface area contributed by atoms with E-state index in [4.69, 9.17) is 0 Å². The van der Waals surface area contributed by atoms with Gasteiger partial charge < -0.3 is 10.2 Å². The highest BCUT2D eigenvalue weighted by molar-refractivity contribution is 9.10. The fraction of sp³-hybridized carbons (Fsp3) is 0.212. The molecule has 0 fully saturated rings. The number of nitrogens with one attached hydrogen (secondary N) is 1. The average Bonchev–Trinajstić information content (AvgIpc) is 3.03. The number of nitro groups is 1. The number of hydrogen-bond donors (Lipinski definition) is 1. The number of nitrogens with zero attached hydrogens (tertiary/aromatic N) is 3. The fourth-order valence-corrected chi connectivity index (χ4v) is 6.41. The molecule has 12 heteroatoms. The second-order valence-electron chi connectivity index (χ2n) is 10.6. The molecule has 0 aromatic heterocycles. The molecule has 4 aromatic carbocycles. The second-order valence-corrected chi connectivity index (χ2v) is 13.4. The summed E-state index contributed by atoms with van der Waals surface area (Å²) in [5.74, 6) is -1.01. The van der Waals surface area contributed by atoms with Gasteiger partial charge in [-0.2, -0.15) is 0 Å². The Morgan fingerprint density at radius 2 is 1.42 bits per heavy atom. The Morgan fingerprint density at radius 1 is 0.844 bits per heavy atom. The van der Waals surface area contributed by atoms with Crippen molar-refractivity contribution in [2.75, 3.05) is 10.8 Å². The van der Waals surface area contributed by atoms with E-state index in [9.17, 15) is 28.1 Å². The molecule has 2 amide bonds. The van der Waals surface area contributed by atoms with Crippen molar-refractivity contribution in [3.63, 3.8) is 0 Å². The highest BCUT2D eigenvalue weighted by atomic mass is 79.9. The zero-order valence-electron chi connectivity index (χ0n) is 24.7. The van der Waals surface area contributed by atoms with E-state index in [1.54, 1.807) is 18.2 Å². The van der Waals surface area contributed by atoms with Crippen LogP contribution in [0.2, 0.25) is 0 Å². The van der Waals surface area contributed by atoms with Crippen LogP contribution in [0.15, 0.2) is 119 Å². The van der Waals surface area contributed by atoms with Gasteiger partial charge in [0, 0.05) is 35.6 Å². The van der Waals surface area contributed by atoms with Gasteiger partial charge in [-0.05, 0) is 61.4 Å². The summed E-state index contributed by atoms with van der Waals surface area (Å²) in [6.07, 6.45) is 0.185. The van der Waals surface area contributed by atoms with Crippen molar-refractivity contribution in [3.8, 4) is 0 Å². The number of non-ortho nitro benzene ring substituents is 1. The van der Waals surface area contributed by atoms with Crippen molar-refractivity contribution in [1.82, 2.24) is 10.2 Å². The summed E-state index contributed by atoms with van der Waals surface area (Å²) in [7, 11) is -4.31. The molecule has 4 aromatic rings. The molecule has 10 nitrogen and oxygen atoms in total. The van der Waals surface area contributed by atoms with Gasteiger partial charge in [0.05, 0.1) is 15.5 Å².